The number of aryl methyl sites for hydroxylation is 2. The zero-order valence-electron chi connectivity index (χ0n) is 9.13. The van der Waals surface area contributed by atoms with E-state index in [9.17, 15) is 4.79 Å². The number of aromatic nitrogens is 2. The van der Waals surface area contributed by atoms with Crippen LogP contribution in [0.5, 0.6) is 0 Å². The molecule has 2 amide bonds. The fourth-order valence-corrected chi connectivity index (χ4v) is 1.05. The van der Waals surface area contributed by atoms with Crippen molar-refractivity contribution in [1.29, 1.82) is 0 Å². The van der Waals surface area contributed by atoms with E-state index in [2.05, 4.69) is 15.3 Å². The van der Waals surface area contributed by atoms with Gasteiger partial charge in [-0.05, 0) is 13.8 Å². The van der Waals surface area contributed by atoms with Crippen molar-refractivity contribution in [2.75, 3.05) is 19.4 Å². The van der Waals surface area contributed by atoms with Crippen molar-refractivity contribution in [2.24, 2.45) is 0 Å². The number of rotatable bonds is 1. The molecule has 0 fully saturated rings. The van der Waals surface area contributed by atoms with Gasteiger partial charge in [0.15, 0.2) is 0 Å². The molecule has 1 rings (SSSR count). The highest BCUT2D eigenvalue weighted by Crippen LogP contribution is 2.17. The quantitative estimate of drug-likeness (QED) is 0.798. The molecule has 5 nitrogen and oxygen atoms in total. The predicted molar refractivity (Wildman–Crippen MR) is 59.2 cm³/mol. The summed E-state index contributed by atoms with van der Waals surface area (Å²) in [7, 11) is 3.29. The smallest absolute Gasteiger partial charge is 0.323 e. The Morgan fingerprint density at radius 3 is 2.13 bits per heavy atom. The molecule has 0 aliphatic rings. The van der Waals surface area contributed by atoms with Crippen LogP contribution in [0.25, 0.3) is 0 Å². The van der Waals surface area contributed by atoms with E-state index in [1.54, 1.807) is 27.9 Å². The van der Waals surface area contributed by atoms with Crippen molar-refractivity contribution in [2.45, 2.75) is 13.8 Å². The molecule has 0 saturated heterocycles. The summed E-state index contributed by atoms with van der Waals surface area (Å²) < 4.78 is 0. The Morgan fingerprint density at radius 2 is 1.73 bits per heavy atom. The molecule has 1 aromatic rings. The first-order chi connectivity index (χ1) is 6.91. The summed E-state index contributed by atoms with van der Waals surface area (Å²) in [5, 5.41) is 3.08. The molecule has 1 N–H and O–H groups in total. The number of urea groups is 1. The van der Waals surface area contributed by atoms with Gasteiger partial charge in [0.25, 0.3) is 0 Å². The summed E-state index contributed by atoms with van der Waals surface area (Å²) in [6.45, 7) is 3.53. The third-order valence-electron chi connectivity index (χ3n) is 1.81. The minimum atomic E-state index is -0.267. The second-order valence-corrected chi connectivity index (χ2v) is 3.73. The lowest BCUT2D eigenvalue weighted by atomic mass is 10.3. The zero-order chi connectivity index (χ0) is 11.6. The number of carbonyl (C=O) groups is 1. The van der Waals surface area contributed by atoms with E-state index in [0.29, 0.717) is 16.4 Å². The summed E-state index contributed by atoms with van der Waals surface area (Å²) in [6, 6.07) is -0.267. The van der Waals surface area contributed by atoms with Crippen LogP contribution in [0, 0.1) is 13.8 Å². The standard InChI is InChI=1S/C9H13ClN4O/c1-5-7(10)6(2)12-8(11-5)13-9(15)14(3)4/h1-4H3,(H,11,12,13,15). The number of nitrogens with zero attached hydrogens (tertiary/aromatic N) is 3. The lowest BCUT2D eigenvalue weighted by Gasteiger charge is -2.11. The zero-order valence-corrected chi connectivity index (χ0v) is 9.88. The van der Waals surface area contributed by atoms with Crippen LogP contribution in [0.2, 0.25) is 5.02 Å². The Labute approximate surface area is 93.5 Å². The largest absolute Gasteiger partial charge is 0.331 e. The summed E-state index contributed by atoms with van der Waals surface area (Å²) >= 11 is 5.90. The topological polar surface area (TPSA) is 58.1 Å². The van der Waals surface area contributed by atoms with Gasteiger partial charge in [0.2, 0.25) is 5.95 Å². The van der Waals surface area contributed by atoms with Crippen molar-refractivity contribution in [3.63, 3.8) is 0 Å². The number of nitrogens with one attached hydrogen (secondary N) is 1. The minimum Gasteiger partial charge on any atom is -0.331 e. The third kappa shape index (κ3) is 2.79. The van der Waals surface area contributed by atoms with E-state index in [0.717, 1.165) is 0 Å². The highest BCUT2D eigenvalue weighted by atomic mass is 35.5. The number of anilines is 1. The summed E-state index contributed by atoms with van der Waals surface area (Å²) in [6.07, 6.45) is 0. The van der Waals surface area contributed by atoms with Crippen LogP contribution >= 0.6 is 11.6 Å². The maximum Gasteiger partial charge on any atom is 0.323 e. The van der Waals surface area contributed by atoms with Gasteiger partial charge in [0, 0.05) is 14.1 Å². The molecule has 1 heterocycles. The molecule has 15 heavy (non-hydrogen) atoms. The minimum absolute atomic E-state index is 0.267. The Morgan fingerprint density at radius 1 is 1.27 bits per heavy atom. The maximum absolute atomic E-state index is 11.3. The van der Waals surface area contributed by atoms with Crippen LogP contribution in [0.4, 0.5) is 10.7 Å². The molecule has 6 heteroatoms. The Kier molecular flexibility index (Phi) is 3.47. The molecule has 0 radical (unpaired) electrons. The SMILES string of the molecule is Cc1nc(NC(=O)N(C)C)nc(C)c1Cl. The van der Waals surface area contributed by atoms with Crippen molar-refractivity contribution < 1.29 is 4.79 Å². The molecule has 0 saturated carbocycles. The van der Waals surface area contributed by atoms with Crippen LogP contribution in [-0.4, -0.2) is 35.0 Å². The first-order valence-corrected chi connectivity index (χ1v) is 4.78. The summed E-state index contributed by atoms with van der Waals surface area (Å²) in [5.41, 5.74) is 1.30. The van der Waals surface area contributed by atoms with Gasteiger partial charge in [0.1, 0.15) is 0 Å². The van der Waals surface area contributed by atoms with Crippen molar-refractivity contribution in [3.05, 3.63) is 16.4 Å². The van der Waals surface area contributed by atoms with Gasteiger partial charge < -0.3 is 4.90 Å². The Bertz CT molecular complexity index is 369. The van der Waals surface area contributed by atoms with Crippen LogP contribution in [0.1, 0.15) is 11.4 Å². The highest BCUT2D eigenvalue weighted by Gasteiger charge is 2.09. The van der Waals surface area contributed by atoms with Crippen molar-refractivity contribution >= 4 is 23.6 Å². The Hall–Kier alpha value is -1.36. The van der Waals surface area contributed by atoms with Gasteiger partial charge in [0.05, 0.1) is 16.4 Å². The van der Waals surface area contributed by atoms with Crippen LogP contribution < -0.4 is 5.32 Å². The molecule has 0 unspecified atom stereocenters. The fraction of sp³-hybridized carbons (Fsp3) is 0.444. The van der Waals surface area contributed by atoms with Crippen LogP contribution in [0.3, 0.4) is 0 Å². The normalized spacial score (nSPS) is 9.93. The monoisotopic (exact) mass is 228 g/mol. The predicted octanol–water partition coefficient (Wildman–Crippen LogP) is 1.84. The molecule has 0 aromatic carbocycles. The van der Waals surface area contributed by atoms with Crippen LogP contribution in [0.15, 0.2) is 0 Å². The van der Waals surface area contributed by atoms with Gasteiger partial charge >= 0.3 is 6.03 Å². The fourth-order valence-electron chi connectivity index (χ4n) is 0.966. The molecular weight excluding hydrogens is 216 g/mol. The first-order valence-electron chi connectivity index (χ1n) is 4.41. The maximum atomic E-state index is 11.3. The summed E-state index contributed by atoms with van der Waals surface area (Å²) in [5.74, 6) is 0.271. The highest BCUT2D eigenvalue weighted by molar-refractivity contribution is 6.31. The number of amides is 2. The molecule has 0 aliphatic carbocycles. The van der Waals surface area contributed by atoms with Crippen molar-refractivity contribution in [3.8, 4) is 0 Å². The average Bonchev–Trinajstić information content (AvgIpc) is 2.13. The number of halogens is 1. The number of hydrogen-bond donors (Lipinski definition) is 1. The van der Waals surface area contributed by atoms with E-state index in [1.165, 1.54) is 4.90 Å². The molecule has 0 atom stereocenters. The first kappa shape index (κ1) is 11.7. The second-order valence-electron chi connectivity index (χ2n) is 3.36. The van der Waals surface area contributed by atoms with E-state index in [1.807, 2.05) is 0 Å². The van der Waals surface area contributed by atoms with Gasteiger partial charge in [-0.2, -0.15) is 0 Å². The summed E-state index contributed by atoms with van der Waals surface area (Å²) in [4.78, 5) is 20.8. The van der Waals surface area contributed by atoms with E-state index in [-0.39, 0.29) is 12.0 Å². The van der Waals surface area contributed by atoms with E-state index >= 15 is 0 Å². The molecule has 0 spiro atoms. The average molecular weight is 229 g/mol. The van der Waals surface area contributed by atoms with Gasteiger partial charge in [-0.3, -0.25) is 5.32 Å². The molecule has 0 bridgehead atoms. The number of carbonyl (C=O) groups excluding carboxylic acids is 1. The van der Waals surface area contributed by atoms with E-state index in [4.69, 9.17) is 11.6 Å². The van der Waals surface area contributed by atoms with Crippen LogP contribution in [-0.2, 0) is 0 Å². The Balaban J connectivity index is 2.93. The van der Waals surface area contributed by atoms with Crippen molar-refractivity contribution in [1.82, 2.24) is 14.9 Å². The van der Waals surface area contributed by atoms with E-state index < -0.39 is 0 Å². The second kappa shape index (κ2) is 4.44. The molecule has 82 valence electrons. The lowest BCUT2D eigenvalue weighted by molar-refractivity contribution is 0.230. The molecule has 1 aromatic heterocycles. The molecule has 0 aliphatic heterocycles. The third-order valence-corrected chi connectivity index (χ3v) is 2.35. The van der Waals surface area contributed by atoms with Gasteiger partial charge in [-0.1, -0.05) is 11.6 Å². The number of hydrogen-bond acceptors (Lipinski definition) is 3. The van der Waals surface area contributed by atoms with Gasteiger partial charge in [-0.25, -0.2) is 14.8 Å². The van der Waals surface area contributed by atoms with Gasteiger partial charge in [-0.15, -0.1) is 0 Å². The lowest BCUT2D eigenvalue weighted by Crippen LogP contribution is -2.28. The molecular formula is C9H13ClN4O.